The molecule has 0 radical (unpaired) electrons. The lowest BCUT2D eigenvalue weighted by molar-refractivity contribution is -0.0266. The molecule has 0 bridgehead atoms. The molecular weight excluding hydrogens is 322 g/mol. The molecule has 1 N–H and O–H groups in total. The Hall–Kier alpha value is -2.31. The van der Waals surface area contributed by atoms with Crippen LogP contribution in [0.5, 0.6) is 0 Å². The molecule has 0 spiro atoms. The van der Waals surface area contributed by atoms with Gasteiger partial charge < -0.3 is 9.47 Å². The van der Waals surface area contributed by atoms with Crippen molar-refractivity contribution >= 4 is 12.2 Å². The van der Waals surface area contributed by atoms with Gasteiger partial charge in [-0.25, -0.2) is 20.0 Å². The first-order valence-corrected chi connectivity index (χ1v) is 8.17. The highest BCUT2D eigenvalue weighted by Gasteiger charge is 2.39. The van der Waals surface area contributed by atoms with Gasteiger partial charge in [-0.2, -0.15) is 0 Å². The molecule has 0 atom stereocenters. The molecule has 1 rings (SSSR count). The summed E-state index contributed by atoms with van der Waals surface area (Å²) in [6.07, 6.45) is 0.175. The number of hydrazine groups is 1. The summed E-state index contributed by atoms with van der Waals surface area (Å²) in [7, 11) is 0. The third-order valence-corrected chi connectivity index (χ3v) is 3.03. The number of nitrogens with zero attached hydrogens (tertiary/aromatic N) is 2. The SMILES string of the molecule is CC(C)(C)OC(=O)NN(C(=O)OC(C)(C)C)C(C)(C)c1ccccn1. The van der Waals surface area contributed by atoms with Crippen molar-refractivity contribution in [2.75, 3.05) is 0 Å². The summed E-state index contributed by atoms with van der Waals surface area (Å²) in [5.41, 5.74) is 0.716. The first-order valence-electron chi connectivity index (χ1n) is 8.17. The van der Waals surface area contributed by atoms with Crippen LogP contribution in [0.25, 0.3) is 0 Å². The van der Waals surface area contributed by atoms with Crippen molar-refractivity contribution in [3.05, 3.63) is 30.1 Å². The van der Waals surface area contributed by atoms with Crippen LogP contribution in [0.15, 0.2) is 24.4 Å². The summed E-state index contributed by atoms with van der Waals surface area (Å²) in [6.45, 7) is 14.0. The Morgan fingerprint density at radius 2 is 1.52 bits per heavy atom. The fraction of sp³-hybridized carbons (Fsp3) is 0.611. The normalized spacial score (nSPS) is 12.3. The van der Waals surface area contributed by atoms with Gasteiger partial charge in [0, 0.05) is 6.20 Å². The topological polar surface area (TPSA) is 80.8 Å². The molecule has 25 heavy (non-hydrogen) atoms. The van der Waals surface area contributed by atoms with Crippen LogP contribution in [-0.2, 0) is 15.0 Å². The van der Waals surface area contributed by atoms with Gasteiger partial charge in [0.1, 0.15) is 16.7 Å². The van der Waals surface area contributed by atoms with Gasteiger partial charge in [-0.15, -0.1) is 0 Å². The van der Waals surface area contributed by atoms with Gasteiger partial charge in [-0.3, -0.25) is 4.98 Å². The molecular formula is C18H29N3O4. The minimum absolute atomic E-state index is 0.594. The van der Waals surface area contributed by atoms with Gasteiger partial charge in [0.05, 0.1) is 5.69 Å². The van der Waals surface area contributed by atoms with Crippen LogP contribution in [0.4, 0.5) is 9.59 Å². The average molecular weight is 351 g/mol. The van der Waals surface area contributed by atoms with Crippen LogP contribution in [-0.4, -0.2) is 33.4 Å². The molecule has 0 aliphatic rings. The number of carbonyl (C=O) groups is 2. The summed E-state index contributed by atoms with van der Waals surface area (Å²) in [6, 6.07) is 5.36. The van der Waals surface area contributed by atoms with Crippen molar-refractivity contribution in [2.45, 2.75) is 72.1 Å². The third-order valence-electron chi connectivity index (χ3n) is 3.03. The number of aromatic nitrogens is 1. The first-order chi connectivity index (χ1) is 11.2. The van der Waals surface area contributed by atoms with Crippen molar-refractivity contribution < 1.29 is 19.1 Å². The number of hydrogen-bond acceptors (Lipinski definition) is 5. The lowest BCUT2D eigenvalue weighted by Gasteiger charge is -2.38. The van der Waals surface area contributed by atoms with Gasteiger partial charge >= 0.3 is 12.2 Å². The summed E-state index contributed by atoms with van der Waals surface area (Å²) >= 11 is 0. The van der Waals surface area contributed by atoms with Crippen LogP contribution >= 0.6 is 0 Å². The molecule has 7 nitrogen and oxygen atoms in total. The lowest BCUT2D eigenvalue weighted by atomic mass is 9.99. The van der Waals surface area contributed by atoms with E-state index in [4.69, 9.17) is 9.47 Å². The Balaban J connectivity index is 3.14. The maximum Gasteiger partial charge on any atom is 0.430 e. The molecule has 1 aromatic rings. The minimum atomic E-state index is -0.958. The van der Waals surface area contributed by atoms with Crippen LogP contribution in [0.1, 0.15) is 61.1 Å². The van der Waals surface area contributed by atoms with E-state index in [2.05, 4.69) is 10.4 Å². The predicted octanol–water partition coefficient (Wildman–Crippen LogP) is 3.99. The average Bonchev–Trinajstić information content (AvgIpc) is 2.41. The molecule has 0 saturated heterocycles. The monoisotopic (exact) mass is 351 g/mol. The fourth-order valence-corrected chi connectivity index (χ4v) is 1.95. The zero-order chi connectivity index (χ0) is 19.5. The molecule has 0 aliphatic heterocycles. The van der Waals surface area contributed by atoms with Crippen LogP contribution < -0.4 is 5.43 Å². The second-order valence-electron chi connectivity index (χ2n) is 8.20. The van der Waals surface area contributed by atoms with E-state index in [1.165, 1.54) is 0 Å². The van der Waals surface area contributed by atoms with Crippen molar-refractivity contribution in [3.63, 3.8) is 0 Å². The molecule has 7 heteroatoms. The van der Waals surface area contributed by atoms with Crippen molar-refractivity contribution in [1.29, 1.82) is 0 Å². The molecule has 1 heterocycles. The standard InChI is InChI=1S/C18H29N3O4/c1-16(2,3)24-14(22)20-21(15(23)25-17(4,5)6)18(7,8)13-11-9-10-12-19-13/h9-12H,1-8H3,(H,20,22). The van der Waals surface area contributed by atoms with Crippen LogP contribution in [0.3, 0.4) is 0 Å². The van der Waals surface area contributed by atoms with Crippen molar-refractivity contribution in [2.24, 2.45) is 0 Å². The Morgan fingerprint density at radius 1 is 0.960 bits per heavy atom. The second-order valence-corrected chi connectivity index (χ2v) is 8.20. The van der Waals surface area contributed by atoms with Crippen molar-refractivity contribution in [3.8, 4) is 0 Å². The largest absolute Gasteiger partial charge is 0.443 e. The Morgan fingerprint density at radius 3 is 1.96 bits per heavy atom. The quantitative estimate of drug-likeness (QED) is 0.815. The zero-order valence-electron chi connectivity index (χ0n) is 16.3. The number of carbonyl (C=O) groups excluding carboxylic acids is 2. The zero-order valence-corrected chi connectivity index (χ0v) is 16.3. The predicted molar refractivity (Wildman–Crippen MR) is 94.7 cm³/mol. The molecule has 0 aliphatic carbocycles. The third kappa shape index (κ3) is 6.60. The maximum atomic E-state index is 12.7. The molecule has 1 aromatic heterocycles. The van der Waals surface area contributed by atoms with E-state index in [0.717, 1.165) is 5.01 Å². The summed E-state index contributed by atoms with van der Waals surface area (Å²) in [5, 5.41) is 1.11. The van der Waals surface area contributed by atoms with Crippen LogP contribution in [0.2, 0.25) is 0 Å². The van der Waals surface area contributed by atoms with Crippen LogP contribution in [0, 0.1) is 0 Å². The molecule has 0 saturated carbocycles. The van der Waals surface area contributed by atoms with Crippen molar-refractivity contribution in [1.82, 2.24) is 15.4 Å². The Kier molecular flexibility index (Phi) is 6.05. The molecule has 140 valence electrons. The van der Waals surface area contributed by atoms with E-state index in [9.17, 15) is 9.59 Å². The van der Waals surface area contributed by atoms with Gasteiger partial charge in [-0.05, 0) is 67.5 Å². The summed E-state index contributed by atoms with van der Waals surface area (Å²) in [5.74, 6) is 0. The van der Waals surface area contributed by atoms with Gasteiger partial charge in [-0.1, -0.05) is 6.07 Å². The maximum absolute atomic E-state index is 12.7. The van der Waals surface area contributed by atoms with E-state index >= 15 is 0 Å². The highest BCUT2D eigenvalue weighted by Crippen LogP contribution is 2.26. The Bertz CT molecular complexity index is 601. The molecule has 2 amide bonds. The lowest BCUT2D eigenvalue weighted by Crippen LogP contribution is -2.57. The van der Waals surface area contributed by atoms with Gasteiger partial charge in [0.25, 0.3) is 0 Å². The first kappa shape index (κ1) is 20.7. The summed E-state index contributed by atoms with van der Waals surface area (Å²) < 4.78 is 10.7. The number of hydrogen-bond donors (Lipinski definition) is 1. The number of ether oxygens (including phenoxy) is 2. The molecule has 0 unspecified atom stereocenters. The number of nitrogens with one attached hydrogen (secondary N) is 1. The smallest absolute Gasteiger partial charge is 0.430 e. The van der Waals surface area contributed by atoms with E-state index in [0.29, 0.717) is 5.69 Å². The number of pyridine rings is 1. The fourth-order valence-electron chi connectivity index (χ4n) is 1.95. The minimum Gasteiger partial charge on any atom is -0.443 e. The highest BCUT2D eigenvalue weighted by atomic mass is 16.6. The molecule has 0 aromatic carbocycles. The highest BCUT2D eigenvalue weighted by molar-refractivity contribution is 5.75. The molecule has 0 fully saturated rings. The van der Waals surface area contributed by atoms with E-state index in [1.807, 2.05) is 6.07 Å². The van der Waals surface area contributed by atoms with Gasteiger partial charge in [0.15, 0.2) is 0 Å². The van der Waals surface area contributed by atoms with E-state index < -0.39 is 28.9 Å². The second kappa shape index (κ2) is 7.29. The number of amides is 2. The number of rotatable bonds is 2. The van der Waals surface area contributed by atoms with E-state index in [-0.39, 0.29) is 0 Å². The van der Waals surface area contributed by atoms with Gasteiger partial charge in [0.2, 0.25) is 0 Å². The Labute approximate surface area is 149 Å². The van der Waals surface area contributed by atoms with E-state index in [1.54, 1.807) is 73.7 Å². The summed E-state index contributed by atoms with van der Waals surface area (Å²) in [4.78, 5) is 29.2.